The average molecular weight is 267 g/mol. The molecule has 100 valence electrons. The van der Waals surface area contributed by atoms with E-state index in [1.54, 1.807) is 0 Å². The van der Waals surface area contributed by atoms with Gasteiger partial charge in [-0.05, 0) is 57.6 Å². The van der Waals surface area contributed by atoms with E-state index in [-0.39, 0.29) is 0 Å². The minimum atomic E-state index is 0.362. The number of rotatable bonds is 5. The van der Waals surface area contributed by atoms with Gasteiger partial charge in [0.2, 0.25) is 0 Å². The molecule has 1 unspecified atom stereocenters. The monoisotopic (exact) mass is 266 g/mol. The Kier molecular flexibility index (Phi) is 5.48. The molecule has 1 saturated heterocycles. The molecule has 0 aliphatic carbocycles. The molecule has 3 heteroatoms. The number of hydrogen-bond donors (Lipinski definition) is 1. The van der Waals surface area contributed by atoms with Gasteiger partial charge in [-0.25, -0.2) is 0 Å². The smallest absolute Gasteiger partial charge is 0.0453 e. The van der Waals surface area contributed by atoms with E-state index in [0.717, 1.165) is 18.0 Å². The van der Waals surface area contributed by atoms with Crippen LogP contribution in [0.2, 0.25) is 5.02 Å². The highest BCUT2D eigenvalue weighted by Crippen LogP contribution is 2.25. The van der Waals surface area contributed by atoms with E-state index in [9.17, 15) is 0 Å². The Morgan fingerprint density at radius 1 is 1.22 bits per heavy atom. The maximum atomic E-state index is 6.27. The van der Waals surface area contributed by atoms with Gasteiger partial charge >= 0.3 is 0 Å². The van der Waals surface area contributed by atoms with Crippen molar-refractivity contribution < 1.29 is 0 Å². The number of halogens is 1. The quantitative estimate of drug-likeness (QED) is 0.878. The predicted octanol–water partition coefficient (Wildman–Crippen LogP) is 3.48. The van der Waals surface area contributed by atoms with Gasteiger partial charge in [0.1, 0.15) is 0 Å². The highest BCUT2D eigenvalue weighted by molar-refractivity contribution is 6.31. The molecule has 0 bridgehead atoms. The summed E-state index contributed by atoms with van der Waals surface area (Å²) in [7, 11) is 2.02. The van der Waals surface area contributed by atoms with Crippen molar-refractivity contribution in [3.63, 3.8) is 0 Å². The molecule has 1 aromatic carbocycles. The molecule has 0 spiro atoms. The van der Waals surface area contributed by atoms with Crippen LogP contribution in [-0.2, 0) is 0 Å². The van der Waals surface area contributed by atoms with Crippen molar-refractivity contribution in [1.29, 1.82) is 0 Å². The molecule has 1 aliphatic rings. The first-order valence-corrected chi connectivity index (χ1v) is 7.33. The highest BCUT2D eigenvalue weighted by atomic mass is 35.5. The molecular formula is C15H23ClN2. The van der Waals surface area contributed by atoms with Gasteiger partial charge in [-0.3, -0.25) is 0 Å². The van der Waals surface area contributed by atoms with E-state index in [1.807, 2.05) is 19.2 Å². The lowest BCUT2D eigenvalue weighted by atomic mass is 10.0. The van der Waals surface area contributed by atoms with Crippen LogP contribution in [0, 0.1) is 0 Å². The summed E-state index contributed by atoms with van der Waals surface area (Å²) in [6.45, 7) is 3.69. The second kappa shape index (κ2) is 7.13. The Labute approximate surface area is 115 Å². The van der Waals surface area contributed by atoms with Gasteiger partial charge < -0.3 is 10.2 Å². The molecule has 0 amide bonds. The van der Waals surface area contributed by atoms with Gasteiger partial charge in [0.25, 0.3) is 0 Å². The van der Waals surface area contributed by atoms with Gasteiger partial charge in [-0.15, -0.1) is 0 Å². The summed E-state index contributed by atoms with van der Waals surface area (Å²) in [5, 5.41) is 4.26. The van der Waals surface area contributed by atoms with Crippen LogP contribution in [-0.4, -0.2) is 31.6 Å². The summed E-state index contributed by atoms with van der Waals surface area (Å²) >= 11 is 6.27. The molecule has 0 saturated carbocycles. The van der Waals surface area contributed by atoms with Gasteiger partial charge in [-0.2, -0.15) is 0 Å². The van der Waals surface area contributed by atoms with Crippen molar-refractivity contribution in [3.05, 3.63) is 34.9 Å². The van der Waals surface area contributed by atoms with Crippen LogP contribution in [0.1, 0.15) is 37.3 Å². The fourth-order valence-electron chi connectivity index (χ4n) is 2.71. The van der Waals surface area contributed by atoms with Crippen LogP contribution in [0.3, 0.4) is 0 Å². The molecule has 18 heavy (non-hydrogen) atoms. The topological polar surface area (TPSA) is 15.3 Å². The standard InChI is InChI=1S/C15H23ClN2/c1-17-15(13-7-3-4-8-14(13)16)9-12-18-10-5-2-6-11-18/h3-4,7-8,15,17H,2,5-6,9-12H2,1H3. The van der Waals surface area contributed by atoms with E-state index in [0.29, 0.717) is 6.04 Å². The lowest BCUT2D eigenvalue weighted by Gasteiger charge is -2.28. The van der Waals surface area contributed by atoms with Crippen LogP contribution in [0.4, 0.5) is 0 Å². The third kappa shape index (κ3) is 3.71. The van der Waals surface area contributed by atoms with Gasteiger partial charge in [-0.1, -0.05) is 36.2 Å². The van der Waals surface area contributed by atoms with Crippen molar-refractivity contribution >= 4 is 11.6 Å². The Hall–Kier alpha value is -0.570. The molecular weight excluding hydrogens is 244 g/mol. The lowest BCUT2D eigenvalue weighted by Crippen LogP contribution is -2.32. The maximum absolute atomic E-state index is 6.27. The second-order valence-corrected chi connectivity index (χ2v) is 5.46. The Bertz CT molecular complexity index is 361. The number of piperidine rings is 1. The molecule has 1 aromatic rings. The fraction of sp³-hybridized carbons (Fsp3) is 0.600. The summed E-state index contributed by atoms with van der Waals surface area (Å²) in [6, 6.07) is 8.51. The van der Waals surface area contributed by atoms with Crippen LogP contribution >= 0.6 is 11.6 Å². The maximum Gasteiger partial charge on any atom is 0.0453 e. The third-order valence-corrected chi connectivity index (χ3v) is 4.16. The molecule has 1 aliphatic heterocycles. The number of benzene rings is 1. The van der Waals surface area contributed by atoms with E-state index >= 15 is 0 Å². The minimum Gasteiger partial charge on any atom is -0.313 e. The van der Waals surface area contributed by atoms with E-state index < -0.39 is 0 Å². The molecule has 0 aromatic heterocycles. The largest absolute Gasteiger partial charge is 0.313 e. The van der Waals surface area contributed by atoms with Gasteiger partial charge in [0.05, 0.1) is 0 Å². The number of nitrogens with zero attached hydrogens (tertiary/aromatic N) is 1. The predicted molar refractivity (Wildman–Crippen MR) is 78.2 cm³/mol. The van der Waals surface area contributed by atoms with E-state index in [2.05, 4.69) is 22.3 Å². The minimum absolute atomic E-state index is 0.362. The zero-order chi connectivity index (χ0) is 12.8. The van der Waals surface area contributed by atoms with Crippen molar-refractivity contribution in [1.82, 2.24) is 10.2 Å². The lowest BCUT2D eigenvalue weighted by molar-refractivity contribution is 0.218. The summed E-state index contributed by atoms with van der Waals surface area (Å²) < 4.78 is 0. The van der Waals surface area contributed by atoms with Crippen molar-refractivity contribution in [2.75, 3.05) is 26.7 Å². The molecule has 1 heterocycles. The van der Waals surface area contributed by atoms with Crippen LogP contribution < -0.4 is 5.32 Å². The summed E-state index contributed by atoms with van der Waals surface area (Å²) in [4.78, 5) is 2.57. The third-order valence-electron chi connectivity index (χ3n) is 3.81. The van der Waals surface area contributed by atoms with Crippen LogP contribution in [0.15, 0.2) is 24.3 Å². The summed E-state index contributed by atoms with van der Waals surface area (Å²) in [5.41, 5.74) is 1.22. The van der Waals surface area contributed by atoms with Crippen LogP contribution in [0.5, 0.6) is 0 Å². The highest BCUT2D eigenvalue weighted by Gasteiger charge is 2.15. The van der Waals surface area contributed by atoms with Gasteiger partial charge in [0.15, 0.2) is 0 Å². The van der Waals surface area contributed by atoms with Gasteiger partial charge in [0, 0.05) is 11.1 Å². The molecule has 2 rings (SSSR count). The molecule has 2 nitrogen and oxygen atoms in total. The van der Waals surface area contributed by atoms with E-state index in [4.69, 9.17) is 11.6 Å². The zero-order valence-corrected chi connectivity index (χ0v) is 11.9. The fourth-order valence-corrected chi connectivity index (χ4v) is 2.98. The molecule has 1 N–H and O–H groups in total. The number of hydrogen-bond acceptors (Lipinski definition) is 2. The Morgan fingerprint density at radius 3 is 2.61 bits per heavy atom. The molecule has 0 radical (unpaired) electrons. The van der Waals surface area contributed by atoms with E-state index in [1.165, 1.54) is 37.9 Å². The number of likely N-dealkylation sites (tertiary alicyclic amines) is 1. The first-order valence-electron chi connectivity index (χ1n) is 6.95. The Morgan fingerprint density at radius 2 is 1.94 bits per heavy atom. The van der Waals surface area contributed by atoms with Crippen LogP contribution in [0.25, 0.3) is 0 Å². The zero-order valence-electron chi connectivity index (χ0n) is 11.2. The second-order valence-electron chi connectivity index (χ2n) is 5.05. The van der Waals surface area contributed by atoms with Crippen molar-refractivity contribution in [2.45, 2.75) is 31.7 Å². The Balaban J connectivity index is 1.91. The molecule has 1 fully saturated rings. The summed E-state index contributed by atoms with van der Waals surface area (Å²) in [5.74, 6) is 0. The van der Waals surface area contributed by atoms with Crippen molar-refractivity contribution in [3.8, 4) is 0 Å². The number of nitrogens with one attached hydrogen (secondary N) is 1. The first kappa shape index (κ1) is 13.9. The average Bonchev–Trinajstić information content (AvgIpc) is 2.42. The normalized spacial score (nSPS) is 18.8. The summed E-state index contributed by atoms with van der Waals surface area (Å²) in [6.07, 6.45) is 5.24. The first-order chi connectivity index (χ1) is 8.81. The molecule has 1 atom stereocenters. The van der Waals surface area contributed by atoms with Crippen molar-refractivity contribution in [2.24, 2.45) is 0 Å². The SMILES string of the molecule is CNC(CCN1CCCCC1)c1ccccc1Cl.